The van der Waals surface area contributed by atoms with E-state index in [2.05, 4.69) is 28.2 Å². The van der Waals surface area contributed by atoms with Gasteiger partial charge in [-0.3, -0.25) is 0 Å². The lowest BCUT2D eigenvalue weighted by molar-refractivity contribution is 0.179. The molecule has 1 heterocycles. The van der Waals surface area contributed by atoms with Crippen LogP contribution in [0.25, 0.3) is 0 Å². The second kappa shape index (κ2) is 5.80. The maximum Gasteiger partial charge on any atom is 0.101 e. The van der Waals surface area contributed by atoms with E-state index in [0.717, 1.165) is 43.3 Å². The van der Waals surface area contributed by atoms with Gasteiger partial charge in [-0.25, -0.2) is 0 Å². The van der Waals surface area contributed by atoms with E-state index in [0.29, 0.717) is 0 Å². The van der Waals surface area contributed by atoms with Crippen LogP contribution in [-0.2, 0) is 0 Å². The Morgan fingerprint density at radius 1 is 1.19 bits per heavy atom. The number of likely N-dealkylation sites (N-methyl/N-ethyl adjacent to an activating group) is 1. The van der Waals surface area contributed by atoms with Crippen LogP contribution in [0.2, 0.25) is 0 Å². The molecule has 0 aromatic carbocycles. The van der Waals surface area contributed by atoms with Crippen LogP contribution in [0.15, 0.2) is 23.2 Å². The molecule has 0 radical (unpaired) electrons. The van der Waals surface area contributed by atoms with Crippen molar-refractivity contribution in [2.75, 3.05) is 40.3 Å². The van der Waals surface area contributed by atoms with Crippen molar-refractivity contribution in [2.45, 2.75) is 13.8 Å². The van der Waals surface area contributed by atoms with Gasteiger partial charge in [-0.15, -0.1) is 0 Å². The summed E-state index contributed by atoms with van der Waals surface area (Å²) in [4.78, 5) is 4.72. The molecule has 4 heteroatoms. The second-order valence-corrected chi connectivity index (χ2v) is 4.44. The van der Waals surface area contributed by atoms with E-state index in [9.17, 15) is 0 Å². The minimum Gasteiger partial charge on any atom is -0.402 e. The summed E-state index contributed by atoms with van der Waals surface area (Å²) < 4.78 is 0. The second-order valence-electron chi connectivity index (χ2n) is 4.44. The van der Waals surface area contributed by atoms with Crippen LogP contribution in [0.1, 0.15) is 13.8 Å². The molecule has 0 amide bonds. The highest BCUT2D eigenvalue weighted by molar-refractivity contribution is 5.23. The molecule has 0 spiro atoms. The molecule has 1 rings (SSSR count). The van der Waals surface area contributed by atoms with Gasteiger partial charge in [0, 0.05) is 38.9 Å². The number of allylic oxidation sites excluding steroid dienone is 3. The predicted molar refractivity (Wildman–Crippen MR) is 68.8 cm³/mol. The standard InChI is InChI=1S/C12H24N4/c1-10(11(2)13)9-12(14-3)16-7-5-15(4)6-8-16/h9,14H,5-8,13H2,1-4H3/b11-10+,12-9+. The summed E-state index contributed by atoms with van der Waals surface area (Å²) in [5.41, 5.74) is 7.78. The molecule has 0 atom stereocenters. The summed E-state index contributed by atoms with van der Waals surface area (Å²) in [5.74, 6) is 1.16. The Hall–Kier alpha value is -1.16. The fraction of sp³-hybridized carbons (Fsp3) is 0.667. The van der Waals surface area contributed by atoms with E-state index >= 15 is 0 Å². The quantitative estimate of drug-likeness (QED) is 0.687. The van der Waals surface area contributed by atoms with Crippen LogP contribution in [-0.4, -0.2) is 50.1 Å². The molecule has 0 aromatic rings. The lowest BCUT2D eigenvalue weighted by Gasteiger charge is -2.35. The Kier molecular flexibility index (Phi) is 4.68. The van der Waals surface area contributed by atoms with Crippen molar-refractivity contribution >= 4 is 0 Å². The molecule has 0 aromatic heterocycles. The number of nitrogens with zero attached hydrogens (tertiary/aromatic N) is 2. The van der Waals surface area contributed by atoms with Gasteiger partial charge in [0.05, 0.1) is 0 Å². The van der Waals surface area contributed by atoms with Crippen LogP contribution in [0.4, 0.5) is 0 Å². The fourth-order valence-corrected chi connectivity index (χ4v) is 1.69. The monoisotopic (exact) mass is 224 g/mol. The van der Waals surface area contributed by atoms with E-state index in [1.54, 1.807) is 0 Å². The highest BCUT2D eigenvalue weighted by Crippen LogP contribution is 2.09. The SMILES string of the molecule is CN/C(=C\C(C)=C(/C)N)N1CCN(C)CC1. The van der Waals surface area contributed by atoms with Gasteiger partial charge in [-0.05, 0) is 32.5 Å². The first kappa shape index (κ1) is 12.9. The lowest BCUT2D eigenvalue weighted by atomic mass is 10.2. The maximum atomic E-state index is 5.77. The Labute approximate surface area is 98.8 Å². The van der Waals surface area contributed by atoms with Crippen LogP contribution in [0, 0.1) is 0 Å². The third-order valence-corrected chi connectivity index (χ3v) is 3.08. The van der Waals surface area contributed by atoms with Crippen LogP contribution in [0.3, 0.4) is 0 Å². The summed E-state index contributed by atoms with van der Waals surface area (Å²) in [6, 6.07) is 0. The molecule has 0 unspecified atom stereocenters. The Bertz CT molecular complexity index is 281. The van der Waals surface area contributed by atoms with Crippen LogP contribution in [0.5, 0.6) is 0 Å². The minimum absolute atomic E-state index is 0.877. The van der Waals surface area contributed by atoms with Crippen molar-refractivity contribution in [1.29, 1.82) is 0 Å². The topological polar surface area (TPSA) is 44.5 Å². The van der Waals surface area contributed by atoms with E-state index in [1.807, 2.05) is 20.9 Å². The summed E-state index contributed by atoms with van der Waals surface area (Å²) in [6.07, 6.45) is 2.13. The number of nitrogens with two attached hydrogens (primary N) is 1. The highest BCUT2D eigenvalue weighted by atomic mass is 15.3. The van der Waals surface area contributed by atoms with Crippen molar-refractivity contribution in [1.82, 2.24) is 15.1 Å². The molecule has 0 bridgehead atoms. The Morgan fingerprint density at radius 2 is 1.75 bits per heavy atom. The molecule has 0 aliphatic carbocycles. The van der Waals surface area contributed by atoms with Crippen LogP contribution >= 0.6 is 0 Å². The minimum atomic E-state index is 0.877. The molecule has 3 N–H and O–H groups in total. The van der Waals surface area contributed by atoms with Gasteiger partial charge in [0.1, 0.15) is 5.82 Å². The van der Waals surface area contributed by atoms with Gasteiger partial charge in [0.2, 0.25) is 0 Å². The van der Waals surface area contributed by atoms with Gasteiger partial charge >= 0.3 is 0 Å². The molecule has 1 fully saturated rings. The molecular formula is C12H24N4. The third kappa shape index (κ3) is 3.45. The molecule has 1 aliphatic rings. The van der Waals surface area contributed by atoms with Crippen molar-refractivity contribution in [2.24, 2.45) is 5.73 Å². The van der Waals surface area contributed by atoms with E-state index < -0.39 is 0 Å². The Morgan fingerprint density at radius 3 is 2.19 bits per heavy atom. The maximum absolute atomic E-state index is 5.77. The molecule has 0 saturated carbocycles. The normalized spacial score (nSPS) is 20.8. The van der Waals surface area contributed by atoms with Gasteiger partial charge in [0.15, 0.2) is 0 Å². The van der Waals surface area contributed by atoms with Gasteiger partial charge in [-0.2, -0.15) is 0 Å². The van der Waals surface area contributed by atoms with Crippen molar-refractivity contribution in [3.05, 3.63) is 23.2 Å². The molecule has 1 aliphatic heterocycles. The van der Waals surface area contributed by atoms with Crippen molar-refractivity contribution in [3.63, 3.8) is 0 Å². The van der Waals surface area contributed by atoms with Crippen LogP contribution < -0.4 is 11.1 Å². The summed E-state index contributed by atoms with van der Waals surface area (Å²) in [6.45, 7) is 8.35. The summed E-state index contributed by atoms with van der Waals surface area (Å²) >= 11 is 0. The van der Waals surface area contributed by atoms with Crippen molar-refractivity contribution in [3.8, 4) is 0 Å². The van der Waals surface area contributed by atoms with Gasteiger partial charge < -0.3 is 20.9 Å². The average Bonchev–Trinajstić information content (AvgIpc) is 2.26. The van der Waals surface area contributed by atoms with E-state index in [-0.39, 0.29) is 0 Å². The molecule has 4 nitrogen and oxygen atoms in total. The zero-order valence-electron chi connectivity index (χ0n) is 10.9. The number of hydrogen-bond acceptors (Lipinski definition) is 4. The number of hydrogen-bond donors (Lipinski definition) is 2. The van der Waals surface area contributed by atoms with E-state index in [4.69, 9.17) is 5.73 Å². The first-order valence-corrected chi connectivity index (χ1v) is 5.80. The third-order valence-electron chi connectivity index (χ3n) is 3.08. The van der Waals surface area contributed by atoms with E-state index in [1.165, 1.54) is 0 Å². The highest BCUT2D eigenvalue weighted by Gasteiger charge is 2.15. The number of rotatable bonds is 3. The van der Waals surface area contributed by atoms with Crippen molar-refractivity contribution < 1.29 is 0 Å². The van der Waals surface area contributed by atoms with Gasteiger partial charge in [0.25, 0.3) is 0 Å². The largest absolute Gasteiger partial charge is 0.402 e. The Balaban J connectivity index is 2.71. The lowest BCUT2D eigenvalue weighted by Crippen LogP contribution is -2.46. The first-order valence-electron chi connectivity index (χ1n) is 5.80. The smallest absolute Gasteiger partial charge is 0.101 e. The average molecular weight is 224 g/mol. The molecule has 16 heavy (non-hydrogen) atoms. The summed E-state index contributed by atoms with van der Waals surface area (Å²) in [7, 11) is 4.12. The predicted octanol–water partition coefficient (Wildman–Crippen LogP) is 0.547. The zero-order chi connectivity index (χ0) is 12.1. The molecule has 1 saturated heterocycles. The molecular weight excluding hydrogens is 200 g/mol. The van der Waals surface area contributed by atoms with Gasteiger partial charge in [-0.1, -0.05) is 0 Å². The summed E-state index contributed by atoms with van der Waals surface area (Å²) in [5, 5.41) is 3.25. The number of nitrogens with one attached hydrogen (secondary N) is 1. The number of piperazine rings is 1. The zero-order valence-corrected chi connectivity index (χ0v) is 10.9. The molecule has 92 valence electrons. The first-order chi connectivity index (χ1) is 7.54. The fourth-order valence-electron chi connectivity index (χ4n) is 1.69.